The van der Waals surface area contributed by atoms with Crippen molar-refractivity contribution in [3.8, 4) is 17.1 Å². The second-order valence-electron chi connectivity index (χ2n) is 6.23. The minimum absolute atomic E-state index is 0.368. The first-order chi connectivity index (χ1) is 12.2. The van der Waals surface area contributed by atoms with Crippen LogP contribution in [0.25, 0.3) is 11.4 Å². The summed E-state index contributed by atoms with van der Waals surface area (Å²) in [5, 5.41) is 4.11. The maximum atomic E-state index is 5.47. The third-order valence-corrected chi connectivity index (χ3v) is 4.09. The molecule has 1 heterocycles. The van der Waals surface area contributed by atoms with E-state index in [9.17, 15) is 0 Å². The van der Waals surface area contributed by atoms with Crippen LogP contribution in [0.3, 0.4) is 0 Å². The Morgan fingerprint density at radius 1 is 1.04 bits per heavy atom. The van der Waals surface area contributed by atoms with Crippen molar-refractivity contribution >= 4 is 0 Å². The van der Waals surface area contributed by atoms with Crippen LogP contribution in [0.2, 0.25) is 0 Å². The maximum absolute atomic E-state index is 5.47. The number of hydrogen-bond acceptors (Lipinski definition) is 5. The zero-order valence-corrected chi connectivity index (χ0v) is 14.8. The molecule has 2 aromatic carbocycles. The van der Waals surface area contributed by atoms with Crippen LogP contribution in [0.5, 0.6) is 5.75 Å². The summed E-state index contributed by atoms with van der Waals surface area (Å²) in [5.74, 6) is 1.97. The van der Waals surface area contributed by atoms with Gasteiger partial charge in [0.25, 0.3) is 0 Å². The molecule has 0 atom stereocenters. The molecule has 0 aliphatic rings. The van der Waals surface area contributed by atoms with Gasteiger partial charge in [0.1, 0.15) is 5.75 Å². The number of hydrogen-bond donors (Lipinski definition) is 0. The van der Waals surface area contributed by atoms with Crippen molar-refractivity contribution in [2.75, 3.05) is 7.11 Å². The number of benzene rings is 2. The summed E-state index contributed by atoms with van der Waals surface area (Å²) < 4.78 is 10.7. The van der Waals surface area contributed by atoms with Crippen LogP contribution >= 0.6 is 0 Å². The molecule has 0 N–H and O–H groups in total. The quantitative estimate of drug-likeness (QED) is 0.648. The smallest absolute Gasteiger partial charge is 0.241 e. The van der Waals surface area contributed by atoms with Crippen molar-refractivity contribution in [1.82, 2.24) is 15.0 Å². The Morgan fingerprint density at radius 3 is 2.56 bits per heavy atom. The molecule has 5 nitrogen and oxygen atoms in total. The van der Waals surface area contributed by atoms with E-state index >= 15 is 0 Å². The predicted octanol–water partition coefficient (Wildman–Crippen LogP) is 4.16. The first-order valence-electron chi connectivity index (χ1n) is 8.40. The summed E-state index contributed by atoms with van der Waals surface area (Å²) in [6.45, 7) is 5.80. The molecular formula is C20H23N3O2. The first kappa shape index (κ1) is 17.2. The van der Waals surface area contributed by atoms with E-state index in [4.69, 9.17) is 9.26 Å². The number of methoxy groups -OCH3 is 1. The highest BCUT2D eigenvalue weighted by Crippen LogP contribution is 2.22. The van der Waals surface area contributed by atoms with Crippen molar-refractivity contribution in [2.45, 2.75) is 33.0 Å². The Hall–Kier alpha value is -2.66. The van der Waals surface area contributed by atoms with E-state index < -0.39 is 0 Å². The highest BCUT2D eigenvalue weighted by molar-refractivity contribution is 5.56. The second-order valence-corrected chi connectivity index (χ2v) is 6.23. The summed E-state index contributed by atoms with van der Waals surface area (Å²) in [6.07, 6.45) is 0. The van der Waals surface area contributed by atoms with Crippen LogP contribution in [-0.4, -0.2) is 28.2 Å². The van der Waals surface area contributed by atoms with Crippen molar-refractivity contribution in [3.63, 3.8) is 0 Å². The minimum Gasteiger partial charge on any atom is -0.497 e. The lowest BCUT2D eigenvalue weighted by Crippen LogP contribution is -2.29. The molecule has 0 radical (unpaired) electrons. The Morgan fingerprint density at radius 2 is 1.84 bits per heavy atom. The number of aromatic nitrogens is 2. The van der Waals surface area contributed by atoms with Gasteiger partial charge in [-0.3, -0.25) is 4.90 Å². The molecular weight excluding hydrogens is 314 g/mol. The highest BCUT2D eigenvalue weighted by atomic mass is 16.5. The van der Waals surface area contributed by atoms with Crippen LogP contribution in [0.4, 0.5) is 0 Å². The largest absolute Gasteiger partial charge is 0.497 e. The molecule has 25 heavy (non-hydrogen) atoms. The lowest BCUT2D eigenvalue weighted by Gasteiger charge is -2.24. The number of rotatable bonds is 7. The Bertz CT molecular complexity index is 799. The standard InChI is InChI=1S/C20H23N3O2/c1-15(2)23(13-16-8-5-4-6-9-16)14-19-21-20(22-25-19)17-10-7-11-18(12-17)24-3/h4-12,15H,13-14H2,1-3H3. The van der Waals surface area contributed by atoms with Crippen molar-refractivity contribution in [1.29, 1.82) is 0 Å². The molecule has 0 amide bonds. The van der Waals surface area contributed by atoms with E-state index in [0.29, 0.717) is 24.3 Å². The molecule has 0 unspecified atom stereocenters. The van der Waals surface area contributed by atoms with Gasteiger partial charge < -0.3 is 9.26 Å². The van der Waals surface area contributed by atoms with E-state index in [1.165, 1.54) is 5.56 Å². The van der Waals surface area contributed by atoms with E-state index in [1.807, 2.05) is 30.3 Å². The average Bonchev–Trinajstić information content (AvgIpc) is 3.11. The van der Waals surface area contributed by atoms with Gasteiger partial charge in [-0.05, 0) is 31.5 Å². The maximum Gasteiger partial charge on any atom is 0.241 e. The van der Waals surface area contributed by atoms with Gasteiger partial charge in [0.2, 0.25) is 11.7 Å². The van der Waals surface area contributed by atoms with E-state index in [1.54, 1.807) is 7.11 Å². The van der Waals surface area contributed by atoms with Gasteiger partial charge >= 0.3 is 0 Å². The third kappa shape index (κ3) is 4.45. The molecule has 3 rings (SSSR count). The SMILES string of the molecule is COc1cccc(-c2noc(CN(Cc3ccccc3)C(C)C)n2)c1. The van der Waals surface area contributed by atoms with Gasteiger partial charge in [0.15, 0.2) is 0 Å². The summed E-state index contributed by atoms with van der Waals surface area (Å²) in [7, 11) is 1.64. The van der Waals surface area contributed by atoms with Crippen molar-refractivity contribution < 1.29 is 9.26 Å². The fourth-order valence-electron chi connectivity index (χ4n) is 2.61. The molecule has 0 saturated heterocycles. The molecule has 0 aliphatic carbocycles. The molecule has 0 fully saturated rings. The monoisotopic (exact) mass is 337 g/mol. The molecule has 3 aromatic rings. The van der Waals surface area contributed by atoms with Gasteiger partial charge in [-0.15, -0.1) is 0 Å². The second kappa shape index (κ2) is 7.94. The molecule has 0 aliphatic heterocycles. The summed E-state index contributed by atoms with van der Waals surface area (Å²) in [5.41, 5.74) is 2.15. The van der Waals surface area contributed by atoms with Gasteiger partial charge in [-0.1, -0.05) is 47.6 Å². The van der Waals surface area contributed by atoms with Gasteiger partial charge in [0, 0.05) is 18.2 Å². The van der Waals surface area contributed by atoms with Crippen LogP contribution in [0.1, 0.15) is 25.3 Å². The Labute approximate surface area is 148 Å². The topological polar surface area (TPSA) is 51.4 Å². The van der Waals surface area contributed by atoms with Crippen LogP contribution in [0, 0.1) is 0 Å². The Kier molecular flexibility index (Phi) is 5.46. The van der Waals surface area contributed by atoms with Crippen LogP contribution in [-0.2, 0) is 13.1 Å². The van der Waals surface area contributed by atoms with E-state index in [2.05, 4.69) is 53.2 Å². The van der Waals surface area contributed by atoms with Gasteiger partial charge in [-0.25, -0.2) is 0 Å². The molecule has 130 valence electrons. The van der Waals surface area contributed by atoms with E-state index in [-0.39, 0.29) is 0 Å². The Balaban J connectivity index is 1.74. The van der Waals surface area contributed by atoms with Gasteiger partial charge in [0.05, 0.1) is 13.7 Å². The zero-order valence-electron chi connectivity index (χ0n) is 14.8. The highest BCUT2D eigenvalue weighted by Gasteiger charge is 2.16. The number of ether oxygens (including phenoxy) is 1. The minimum atomic E-state index is 0.368. The normalized spacial score (nSPS) is 11.2. The molecule has 1 aromatic heterocycles. The van der Waals surface area contributed by atoms with Gasteiger partial charge in [-0.2, -0.15) is 4.98 Å². The van der Waals surface area contributed by atoms with Crippen LogP contribution < -0.4 is 4.74 Å². The number of nitrogens with zero attached hydrogens (tertiary/aromatic N) is 3. The summed E-state index contributed by atoms with van der Waals surface area (Å²) in [4.78, 5) is 6.85. The van der Waals surface area contributed by atoms with Crippen LogP contribution in [0.15, 0.2) is 59.1 Å². The molecule has 0 spiro atoms. The lowest BCUT2D eigenvalue weighted by atomic mass is 10.2. The lowest BCUT2D eigenvalue weighted by molar-refractivity contribution is 0.176. The fraction of sp³-hybridized carbons (Fsp3) is 0.300. The van der Waals surface area contributed by atoms with E-state index in [0.717, 1.165) is 17.9 Å². The van der Waals surface area contributed by atoms with Crippen molar-refractivity contribution in [2.24, 2.45) is 0 Å². The predicted molar refractivity (Wildman–Crippen MR) is 97.1 cm³/mol. The fourth-order valence-corrected chi connectivity index (χ4v) is 2.61. The average molecular weight is 337 g/mol. The molecule has 0 bridgehead atoms. The summed E-state index contributed by atoms with van der Waals surface area (Å²) in [6, 6.07) is 18.4. The third-order valence-electron chi connectivity index (χ3n) is 4.09. The first-order valence-corrected chi connectivity index (χ1v) is 8.40. The van der Waals surface area contributed by atoms with Crippen molar-refractivity contribution in [3.05, 3.63) is 66.1 Å². The summed E-state index contributed by atoms with van der Waals surface area (Å²) >= 11 is 0. The molecule has 5 heteroatoms. The molecule has 0 saturated carbocycles. The zero-order chi connectivity index (χ0) is 17.6.